The van der Waals surface area contributed by atoms with Crippen LogP contribution in [0.4, 0.5) is 0 Å². The fourth-order valence-electron chi connectivity index (χ4n) is 0.890. The molecule has 1 aromatic rings. The summed E-state index contributed by atoms with van der Waals surface area (Å²) in [5.41, 5.74) is 5.33. The number of sulfone groups is 1. The zero-order chi connectivity index (χ0) is 10.1. The zero-order valence-corrected chi connectivity index (χ0v) is 7.89. The maximum Gasteiger partial charge on any atom is 0.249 e. The van der Waals surface area contributed by atoms with E-state index in [1.54, 1.807) is 0 Å². The molecule has 0 unspecified atom stereocenters. The molecule has 0 aliphatic rings. The summed E-state index contributed by atoms with van der Waals surface area (Å²) in [6.45, 7) is 0.145. The predicted octanol–water partition coefficient (Wildman–Crippen LogP) is -0.763. The summed E-state index contributed by atoms with van der Waals surface area (Å²) in [6, 6.07) is 2.63. The third-order valence-electron chi connectivity index (χ3n) is 1.51. The minimum atomic E-state index is -3.37. The molecule has 13 heavy (non-hydrogen) atoms. The highest BCUT2D eigenvalue weighted by Crippen LogP contribution is 2.04. The van der Waals surface area contributed by atoms with E-state index in [-0.39, 0.29) is 11.6 Å². The highest BCUT2D eigenvalue weighted by atomic mass is 32.2. The summed E-state index contributed by atoms with van der Waals surface area (Å²) < 4.78 is 22.1. The Morgan fingerprint density at radius 3 is 2.54 bits per heavy atom. The normalized spacial score (nSPS) is 11.5. The van der Waals surface area contributed by atoms with Gasteiger partial charge in [-0.3, -0.25) is 4.79 Å². The molecule has 0 saturated carbocycles. The fourth-order valence-corrected chi connectivity index (χ4v) is 1.54. The molecule has 0 aliphatic heterocycles. The van der Waals surface area contributed by atoms with Crippen LogP contribution < -0.4 is 11.3 Å². The molecule has 0 spiro atoms. The topological polar surface area (TPSA) is 93.0 Å². The SMILES string of the molecule is CS(=O)(=O)c1cc(CN)cc(=O)[nH]1. The Morgan fingerprint density at radius 1 is 1.46 bits per heavy atom. The lowest BCUT2D eigenvalue weighted by Gasteiger charge is -2.00. The number of pyridine rings is 1. The summed E-state index contributed by atoms with van der Waals surface area (Å²) in [5, 5.41) is -0.0968. The predicted molar refractivity (Wildman–Crippen MR) is 48.1 cm³/mol. The van der Waals surface area contributed by atoms with Gasteiger partial charge in [0.15, 0.2) is 9.84 Å². The van der Waals surface area contributed by atoms with E-state index >= 15 is 0 Å². The quantitative estimate of drug-likeness (QED) is 0.659. The van der Waals surface area contributed by atoms with Gasteiger partial charge in [-0.2, -0.15) is 0 Å². The Bertz CT molecular complexity index is 461. The highest BCUT2D eigenvalue weighted by Gasteiger charge is 2.08. The van der Waals surface area contributed by atoms with Crippen molar-refractivity contribution in [3.63, 3.8) is 0 Å². The van der Waals surface area contributed by atoms with Gasteiger partial charge in [-0.15, -0.1) is 0 Å². The van der Waals surface area contributed by atoms with E-state index in [0.717, 1.165) is 6.26 Å². The lowest BCUT2D eigenvalue weighted by Crippen LogP contribution is -2.14. The highest BCUT2D eigenvalue weighted by molar-refractivity contribution is 7.90. The third-order valence-corrected chi connectivity index (χ3v) is 2.53. The average Bonchev–Trinajstić information content (AvgIpc) is 2.01. The second-order valence-electron chi connectivity index (χ2n) is 2.69. The largest absolute Gasteiger partial charge is 0.326 e. The number of H-pyrrole nitrogens is 1. The molecular formula is C7H10N2O3S. The van der Waals surface area contributed by atoms with Crippen molar-refractivity contribution in [3.8, 4) is 0 Å². The molecular weight excluding hydrogens is 192 g/mol. The molecule has 1 rings (SSSR count). The van der Waals surface area contributed by atoms with Crippen LogP contribution in [0.5, 0.6) is 0 Å². The van der Waals surface area contributed by atoms with Crippen molar-refractivity contribution in [2.24, 2.45) is 5.73 Å². The zero-order valence-electron chi connectivity index (χ0n) is 7.07. The second kappa shape index (κ2) is 3.31. The third kappa shape index (κ3) is 2.40. The Kier molecular flexibility index (Phi) is 2.53. The van der Waals surface area contributed by atoms with Crippen molar-refractivity contribution < 1.29 is 8.42 Å². The summed E-state index contributed by atoms with van der Waals surface area (Å²) in [4.78, 5) is 13.2. The number of hydrogen-bond donors (Lipinski definition) is 2. The van der Waals surface area contributed by atoms with E-state index in [9.17, 15) is 13.2 Å². The van der Waals surface area contributed by atoms with E-state index in [1.165, 1.54) is 12.1 Å². The van der Waals surface area contributed by atoms with E-state index in [2.05, 4.69) is 4.98 Å². The van der Waals surface area contributed by atoms with Crippen LogP contribution >= 0.6 is 0 Å². The number of hydrogen-bond acceptors (Lipinski definition) is 4. The van der Waals surface area contributed by atoms with Crippen molar-refractivity contribution in [2.45, 2.75) is 11.6 Å². The van der Waals surface area contributed by atoms with Gasteiger partial charge in [-0.1, -0.05) is 0 Å². The van der Waals surface area contributed by atoms with Crippen LogP contribution in [0.25, 0.3) is 0 Å². The molecule has 72 valence electrons. The van der Waals surface area contributed by atoms with Crippen LogP contribution in [0.15, 0.2) is 22.0 Å². The van der Waals surface area contributed by atoms with Gasteiger partial charge in [-0.05, 0) is 11.6 Å². The molecule has 0 fully saturated rings. The van der Waals surface area contributed by atoms with Crippen molar-refractivity contribution in [2.75, 3.05) is 6.26 Å². The van der Waals surface area contributed by atoms with Crippen LogP contribution in [0, 0.1) is 0 Å². The lowest BCUT2D eigenvalue weighted by molar-refractivity contribution is 0.597. The van der Waals surface area contributed by atoms with Gasteiger partial charge in [0, 0.05) is 18.9 Å². The maximum absolute atomic E-state index is 11.0. The van der Waals surface area contributed by atoms with E-state index in [4.69, 9.17) is 5.73 Å². The molecule has 0 aromatic carbocycles. The number of nitrogens with two attached hydrogens (primary N) is 1. The molecule has 1 heterocycles. The summed E-state index contributed by atoms with van der Waals surface area (Å²) in [5.74, 6) is 0. The van der Waals surface area contributed by atoms with Gasteiger partial charge >= 0.3 is 0 Å². The molecule has 6 heteroatoms. The van der Waals surface area contributed by atoms with Crippen molar-refractivity contribution in [3.05, 3.63) is 28.0 Å². The molecule has 0 atom stereocenters. The van der Waals surface area contributed by atoms with E-state index in [1.807, 2.05) is 0 Å². The van der Waals surface area contributed by atoms with Crippen molar-refractivity contribution in [1.29, 1.82) is 0 Å². The van der Waals surface area contributed by atoms with Gasteiger partial charge < -0.3 is 10.7 Å². The number of aromatic amines is 1. The van der Waals surface area contributed by atoms with E-state index in [0.29, 0.717) is 5.56 Å². The molecule has 1 aromatic heterocycles. The average molecular weight is 202 g/mol. The maximum atomic E-state index is 11.0. The number of aromatic nitrogens is 1. The van der Waals surface area contributed by atoms with Gasteiger partial charge in [0.25, 0.3) is 0 Å². The Hall–Kier alpha value is -1.14. The smallest absolute Gasteiger partial charge is 0.249 e. The van der Waals surface area contributed by atoms with Gasteiger partial charge in [0.05, 0.1) is 0 Å². The van der Waals surface area contributed by atoms with Crippen LogP contribution in [0.2, 0.25) is 0 Å². The fraction of sp³-hybridized carbons (Fsp3) is 0.286. The molecule has 3 N–H and O–H groups in total. The first-order chi connectivity index (χ1) is 5.93. The standard InChI is InChI=1S/C7H10N2O3S/c1-13(11,12)7-3-5(4-8)2-6(10)9-7/h2-3H,4,8H2,1H3,(H,9,10). The molecule has 0 bridgehead atoms. The Labute approximate surface area is 75.5 Å². The lowest BCUT2D eigenvalue weighted by atomic mass is 10.3. The van der Waals surface area contributed by atoms with Crippen LogP contribution in [-0.2, 0) is 16.4 Å². The van der Waals surface area contributed by atoms with Gasteiger partial charge in [0.2, 0.25) is 5.56 Å². The van der Waals surface area contributed by atoms with Crippen molar-refractivity contribution >= 4 is 9.84 Å². The molecule has 5 nitrogen and oxygen atoms in total. The summed E-state index contributed by atoms with van der Waals surface area (Å²) >= 11 is 0. The molecule has 0 aliphatic carbocycles. The van der Waals surface area contributed by atoms with Crippen LogP contribution in [-0.4, -0.2) is 19.7 Å². The van der Waals surface area contributed by atoms with Crippen LogP contribution in [0.3, 0.4) is 0 Å². The Morgan fingerprint density at radius 2 is 2.08 bits per heavy atom. The van der Waals surface area contributed by atoms with Crippen LogP contribution in [0.1, 0.15) is 5.56 Å². The summed E-state index contributed by atoms with van der Waals surface area (Å²) in [7, 11) is -3.37. The molecule has 0 amide bonds. The van der Waals surface area contributed by atoms with Gasteiger partial charge in [-0.25, -0.2) is 8.42 Å². The number of nitrogens with one attached hydrogen (secondary N) is 1. The van der Waals surface area contributed by atoms with E-state index < -0.39 is 15.4 Å². The number of rotatable bonds is 2. The molecule has 0 radical (unpaired) electrons. The monoisotopic (exact) mass is 202 g/mol. The first-order valence-electron chi connectivity index (χ1n) is 3.57. The van der Waals surface area contributed by atoms with Gasteiger partial charge in [0.1, 0.15) is 5.03 Å². The minimum Gasteiger partial charge on any atom is -0.326 e. The summed E-state index contributed by atoms with van der Waals surface area (Å²) in [6.07, 6.45) is 1.03. The second-order valence-corrected chi connectivity index (χ2v) is 4.68. The minimum absolute atomic E-state index is 0.0968. The Balaban J connectivity index is 3.42. The van der Waals surface area contributed by atoms with Crippen molar-refractivity contribution in [1.82, 2.24) is 4.98 Å². The first kappa shape index (κ1) is 9.94. The first-order valence-corrected chi connectivity index (χ1v) is 5.46. The molecule has 0 saturated heterocycles.